The van der Waals surface area contributed by atoms with Crippen LogP contribution in [0.5, 0.6) is 0 Å². The summed E-state index contributed by atoms with van der Waals surface area (Å²) in [7, 11) is 1.54. The molecule has 0 fully saturated rings. The molecule has 31 heavy (non-hydrogen) atoms. The van der Waals surface area contributed by atoms with Gasteiger partial charge in [-0.25, -0.2) is 4.79 Å². The lowest BCUT2D eigenvalue weighted by Crippen LogP contribution is -2.45. The number of rotatable bonds is 5. The van der Waals surface area contributed by atoms with Crippen LogP contribution in [0.3, 0.4) is 0 Å². The fourth-order valence-electron chi connectivity index (χ4n) is 2.92. The Bertz CT molecular complexity index is 750. The number of carbonyl (C=O) groups is 3. The standard InChI is InChI=1S/C23H31NO7/c1-16-8-7-11-21(25)24-19(14-29-13-18-9-5-4-6-10-18)23(27)30-12-17(2)22(26)31-15-20(16)28-3/h4-10,16-17,19-20H,11-15H2,1-3H3,(H,24,25)/b8-7+/t16?,17-,19-,20+/m0/s1. The monoisotopic (exact) mass is 433 g/mol. The van der Waals surface area contributed by atoms with Gasteiger partial charge in [0, 0.05) is 19.4 Å². The van der Waals surface area contributed by atoms with Crippen molar-refractivity contribution in [3.63, 3.8) is 0 Å². The molecule has 2 rings (SSSR count). The van der Waals surface area contributed by atoms with E-state index in [1.807, 2.05) is 43.3 Å². The van der Waals surface area contributed by atoms with E-state index < -0.39 is 23.9 Å². The van der Waals surface area contributed by atoms with Crippen molar-refractivity contribution in [2.24, 2.45) is 11.8 Å². The first kappa shape index (κ1) is 24.6. The third-order valence-electron chi connectivity index (χ3n) is 4.92. The number of hydrogen-bond donors (Lipinski definition) is 1. The zero-order chi connectivity index (χ0) is 22.6. The van der Waals surface area contributed by atoms with Crippen LogP contribution >= 0.6 is 0 Å². The van der Waals surface area contributed by atoms with Gasteiger partial charge in [-0.05, 0) is 12.5 Å². The molecule has 8 heteroatoms. The molecule has 4 atom stereocenters. The van der Waals surface area contributed by atoms with Crippen LogP contribution < -0.4 is 5.32 Å². The molecule has 1 N–H and O–H groups in total. The number of hydrogen-bond acceptors (Lipinski definition) is 7. The number of nitrogens with one attached hydrogen (secondary N) is 1. The Labute approximate surface area is 182 Å². The molecular weight excluding hydrogens is 402 g/mol. The molecule has 0 saturated heterocycles. The van der Waals surface area contributed by atoms with E-state index in [0.717, 1.165) is 5.56 Å². The van der Waals surface area contributed by atoms with Crippen LogP contribution in [0.1, 0.15) is 25.8 Å². The second-order valence-electron chi connectivity index (χ2n) is 7.55. The molecule has 1 aliphatic rings. The molecule has 0 saturated carbocycles. The highest BCUT2D eigenvalue weighted by Crippen LogP contribution is 2.12. The Morgan fingerprint density at radius 2 is 1.74 bits per heavy atom. The third kappa shape index (κ3) is 8.51. The van der Waals surface area contributed by atoms with Gasteiger partial charge >= 0.3 is 11.9 Å². The van der Waals surface area contributed by atoms with Gasteiger partial charge in [-0.2, -0.15) is 0 Å². The van der Waals surface area contributed by atoms with Crippen LogP contribution in [0.15, 0.2) is 42.5 Å². The number of carbonyl (C=O) groups excluding carboxylic acids is 3. The molecule has 1 amide bonds. The van der Waals surface area contributed by atoms with Gasteiger partial charge in [0.2, 0.25) is 5.91 Å². The second kappa shape index (κ2) is 12.9. The van der Waals surface area contributed by atoms with Crippen LogP contribution in [-0.2, 0) is 39.9 Å². The lowest BCUT2D eigenvalue weighted by atomic mass is 10.0. The maximum atomic E-state index is 12.5. The molecule has 1 aromatic carbocycles. The van der Waals surface area contributed by atoms with Crippen LogP contribution in [0.2, 0.25) is 0 Å². The van der Waals surface area contributed by atoms with E-state index in [2.05, 4.69) is 5.32 Å². The van der Waals surface area contributed by atoms with Crippen LogP contribution in [0.25, 0.3) is 0 Å². The Balaban J connectivity index is 2.05. The third-order valence-corrected chi connectivity index (χ3v) is 4.92. The number of benzene rings is 1. The van der Waals surface area contributed by atoms with Crippen LogP contribution in [0.4, 0.5) is 0 Å². The molecule has 170 valence electrons. The first-order valence-electron chi connectivity index (χ1n) is 10.3. The molecule has 0 spiro atoms. The van der Waals surface area contributed by atoms with E-state index in [0.29, 0.717) is 6.61 Å². The predicted molar refractivity (Wildman–Crippen MR) is 113 cm³/mol. The molecule has 1 aromatic rings. The van der Waals surface area contributed by atoms with Crippen LogP contribution in [-0.4, -0.2) is 56.9 Å². The van der Waals surface area contributed by atoms with Gasteiger partial charge in [0.1, 0.15) is 13.2 Å². The van der Waals surface area contributed by atoms with Gasteiger partial charge in [0.05, 0.1) is 25.2 Å². The lowest BCUT2D eigenvalue weighted by Gasteiger charge is -2.21. The largest absolute Gasteiger partial charge is 0.463 e. The summed E-state index contributed by atoms with van der Waals surface area (Å²) in [5, 5.41) is 2.65. The SMILES string of the molecule is CO[C@@H]1COC(=O)[C@@H](C)COC(=O)[C@H](COCc2ccccc2)NC(=O)C/C=C/C1C. The minimum Gasteiger partial charge on any atom is -0.463 e. The minimum absolute atomic E-state index is 0.0514. The predicted octanol–water partition coefficient (Wildman–Crippen LogP) is 2.02. The maximum absolute atomic E-state index is 12.5. The van der Waals surface area contributed by atoms with Crippen molar-refractivity contribution < 1.29 is 33.3 Å². The van der Waals surface area contributed by atoms with Gasteiger partial charge in [-0.3, -0.25) is 9.59 Å². The smallest absolute Gasteiger partial charge is 0.331 e. The molecule has 0 aliphatic carbocycles. The Morgan fingerprint density at radius 1 is 1.03 bits per heavy atom. The highest BCUT2D eigenvalue weighted by atomic mass is 16.6. The van der Waals surface area contributed by atoms with Gasteiger partial charge < -0.3 is 24.3 Å². The summed E-state index contributed by atoms with van der Waals surface area (Å²) in [4.78, 5) is 37.1. The van der Waals surface area contributed by atoms with Crippen molar-refractivity contribution in [1.29, 1.82) is 0 Å². The highest BCUT2D eigenvalue weighted by Gasteiger charge is 2.26. The van der Waals surface area contributed by atoms with Crippen molar-refractivity contribution in [3.05, 3.63) is 48.0 Å². The molecular formula is C23H31NO7. The lowest BCUT2D eigenvalue weighted by molar-refractivity contribution is -0.159. The average Bonchev–Trinajstić information content (AvgIpc) is 2.77. The van der Waals surface area contributed by atoms with E-state index in [9.17, 15) is 14.4 Å². The Morgan fingerprint density at radius 3 is 2.45 bits per heavy atom. The topological polar surface area (TPSA) is 100 Å². The van der Waals surface area contributed by atoms with E-state index >= 15 is 0 Å². The van der Waals surface area contributed by atoms with E-state index in [1.165, 1.54) is 7.11 Å². The van der Waals surface area contributed by atoms with E-state index in [4.69, 9.17) is 18.9 Å². The van der Waals surface area contributed by atoms with Crippen molar-refractivity contribution in [1.82, 2.24) is 5.32 Å². The summed E-state index contributed by atoms with van der Waals surface area (Å²) in [5.41, 5.74) is 0.945. The molecule has 1 heterocycles. The molecule has 0 radical (unpaired) electrons. The quantitative estimate of drug-likeness (QED) is 0.560. The van der Waals surface area contributed by atoms with E-state index in [1.54, 1.807) is 13.0 Å². The number of cyclic esters (lactones) is 2. The number of ether oxygens (including phenoxy) is 4. The Hall–Kier alpha value is -2.71. The summed E-state index contributed by atoms with van der Waals surface area (Å²) in [5.74, 6) is -2.21. The Kier molecular flexibility index (Phi) is 10.2. The van der Waals surface area contributed by atoms with E-state index in [-0.39, 0.29) is 44.2 Å². The summed E-state index contributed by atoms with van der Waals surface area (Å²) in [6.45, 7) is 3.67. The van der Waals surface area contributed by atoms with Crippen molar-refractivity contribution in [3.8, 4) is 0 Å². The van der Waals surface area contributed by atoms with Crippen LogP contribution in [0, 0.1) is 11.8 Å². The minimum atomic E-state index is -0.984. The summed E-state index contributed by atoms with van der Waals surface area (Å²) in [6, 6.07) is 8.50. The molecule has 8 nitrogen and oxygen atoms in total. The van der Waals surface area contributed by atoms with Gasteiger partial charge in [0.15, 0.2) is 6.04 Å². The summed E-state index contributed by atoms with van der Waals surface area (Å²) >= 11 is 0. The van der Waals surface area contributed by atoms with Gasteiger partial charge in [0.25, 0.3) is 0 Å². The van der Waals surface area contributed by atoms with Crippen molar-refractivity contribution in [2.75, 3.05) is 26.9 Å². The number of amides is 1. The molecule has 0 bridgehead atoms. The summed E-state index contributed by atoms with van der Waals surface area (Å²) in [6.07, 6.45) is 3.26. The summed E-state index contributed by atoms with van der Waals surface area (Å²) < 4.78 is 21.6. The first-order chi connectivity index (χ1) is 14.9. The number of esters is 2. The first-order valence-corrected chi connectivity index (χ1v) is 10.3. The van der Waals surface area contributed by atoms with Gasteiger partial charge in [-0.1, -0.05) is 49.4 Å². The fourth-order valence-corrected chi connectivity index (χ4v) is 2.92. The van der Waals surface area contributed by atoms with Crippen molar-refractivity contribution in [2.45, 2.75) is 39.0 Å². The fraction of sp³-hybridized carbons (Fsp3) is 0.522. The number of methoxy groups -OCH3 is 1. The zero-order valence-electron chi connectivity index (χ0n) is 18.2. The highest BCUT2D eigenvalue weighted by molar-refractivity contribution is 5.85. The maximum Gasteiger partial charge on any atom is 0.331 e. The zero-order valence-corrected chi connectivity index (χ0v) is 18.2. The van der Waals surface area contributed by atoms with Crippen molar-refractivity contribution >= 4 is 17.8 Å². The van der Waals surface area contributed by atoms with Gasteiger partial charge in [-0.15, -0.1) is 0 Å². The normalized spacial score (nSPS) is 27.3. The molecule has 1 unspecified atom stereocenters. The molecule has 1 aliphatic heterocycles. The molecule has 0 aromatic heterocycles. The average molecular weight is 434 g/mol. The second-order valence-corrected chi connectivity index (χ2v) is 7.55.